The van der Waals surface area contributed by atoms with E-state index in [2.05, 4.69) is 26.9 Å². The van der Waals surface area contributed by atoms with Crippen LogP contribution in [0.1, 0.15) is 17.5 Å². The second kappa shape index (κ2) is 8.66. The van der Waals surface area contributed by atoms with Crippen LogP contribution in [0.15, 0.2) is 51.9 Å². The van der Waals surface area contributed by atoms with Crippen LogP contribution in [0.4, 0.5) is 5.69 Å². The maximum atomic E-state index is 11.7. The summed E-state index contributed by atoms with van der Waals surface area (Å²) in [6, 6.07) is 9.56. The molecule has 3 heterocycles. The van der Waals surface area contributed by atoms with Crippen LogP contribution < -0.4 is 15.3 Å². The summed E-state index contributed by atoms with van der Waals surface area (Å²) in [6.07, 6.45) is 4.66. The summed E-state index contributed by atoms with van der Waals surface area (Å²) in [7, 11) is 0. The number of hydrogen-bond acceptors (Lipinski definition) is 6. The molecule has 0 aliphatic carbocycles. The van der Waals surface area contributed by atoms with E-state index in [4.69, 9.17) is 9.15 Å². The first-order valence-electron chi connectivity index (χ1n) is 10.2. The van der Waals surface area contributed by atoms with E-state index in [1.807, 2.05) is 38.4 Å². The van der Waals surface area contributed by atoms with Crippen molar-refractivity contribution in [2.45, 2.75) is 20.3 Å². The highest BCUT2D eigenvalue weighted by Gasteiger charge is 2.17. The van der Waals surface area contributed by atoms with Crippen molar-refractivity contribution in [2.75, 3.05) is 44.2 Å². The molecule has 1 saturated heterocycles. The van der Waals surface area contributed by atoms with Gasteiger partial charge in [0.25, 0.3) is 0 Å². The first-order chi connectivity index (χ1) is 14.1. The Bertz CT molecular complexity index is 1020. The summed E-state index contributed by atoms with van der Waals surface area (Å²) in [6.45, 7) is 9.74. The van der Waals surface area contributed by atoms with E-state index in [-0.39, 0.29) is 5.63 Å². The van der Waals surface area contributed by atoms with Crippen molar-refractivity contribution in [1.29, 1.82) is 0 Å². The molecule has 3 aromatic rings. The highest BCUT2D eigenvalue weighted by atomic mass is 16.5. The van der Waals surface area contributed by atoms with Gasteiger partial charge in [0.15, 0.2) is 0 Å². The number of fused-ring (bicyclic) bond motifs is 1. The summed E-state index contributed by atoms with van der Waals surface area (Å²) in [5.74, 6) is 0.795. The predicted molar refractivity (Wildman–Crippen MR) is 115 cm³/mol. The van der Waals surface area contributed by atoms with Gasteiger partial charge in [-0.25, -0.2) is 4.79 Å². The fraction of sp³-hybridized carbons (Fsp3) is 0.391. The van der Waals surface area contributed by atoms with E-state index in [9.17, 15) is 4.79 Å². The zero-order chi connectivity index (χ0) is 20.2. The fourth-order valence-corrected chi connectivity index (χ4v) is 3.95. The normalized spacial score (nSPS) is 15.0. The maximum Gasteiger partial charge on any atom is 0.336 e. The first-order valence-corrected chi connectivity index (χ1v) is 10.2. The van der Waals surface area contributed by atoms with Gasteiger partial charge in [0.05, 0.1) is 12.0 Å². The van der Waals surface area contributed by atoms with Crippen molar-refractivity contribution < 1.29 is 9.15 Å². The highest BCUT2D eigenvalue weighted by molar-refractivity contribution is 5.87. The van der Waals surface area contributed by atoms with E-state index in [1.54, 1.807) is 0 Å². The molecule has 0 radical (unpaired) electrons. The quantitative estimate of drug-likeness (QED) is 0.473. The van der Waals surface area contributed by atoms with Crippen LogP contribution in [0.5, 0.6) is 5.75 Å². The molecular formula is C23H27N3O3. The minimum atomic E-state index is -0.322. The van der Waals surface area contributed by atoms with Crippen molar-refractivity contribution in [1.82, 2.24) is 9.88 Å². The van der Waals surface area contributed by atoms with Crippen LogP contribution in [-0.2, 0) is 0 Å². The molecule has 0 spiro atoms. The van der Waals surface area contributed by atoms with Gasteiger partial charge in [-0.3, -0.25) is 9.88 Å². The van der Waals surface area contributed by atoms with E-state index in [0.717, 1.165) is 61.4 Å². The Hall–Kier alpha value is -2.86. The maximum absolute atomic E-state index is 11.7. The van der Waals surface area contributed by atoms with Gasteiger partial charge >= 0.3 is 5.63 Å². The summed E-state index contributed by atoms with van der Waals surface area (Å²) in [4.78, 5) is 20.6. The smallest absolute Gasteiger partial charge is 0.336 e. The number of rotatable bonds is 6. The third kappa shape index (κ3) is 4.59. The van der Waals surface area contributed by atoms with Gasteiger partial charge in [0.2, 0.25) is 0 Å². The Morgan fingerprint density at radius 1 is 1.07 bits per heavy atom. The monoisotopic (exact) mass is 393 g/mol. The lowest BCUT2D eigenvalue weighted by Crippen LogP contribution is -2.46. The third-order valence-electron chi connectivity index (χ3n) is 5.43. The van der Waals surface area contributed by atoms with Gasteiger partial charge in [-0.15, -0.1) is 0 Å². The number of aromatic nitrogens is 1. The minimum absolute atomic E-state index is 0.322. The fourth-order valence-electron chi connectivity index (χ4n) is 3.95. The number of pyridine rings is 1. The molecule has 4 rings (SSSR count). The molecular weight excluding hydrogens is 366 g/mol. The zero-order valence-corrected chi connectivity index (χ0v) is 17.1. The summed E-state index contributed by atoms with van der Waals surface area (Å²) in [5, 5.41) is 0.890. The lowest BCUT2D eigenvalue weighted by molar-refractivity contribution is 0.225. The van der Waals surface area contributed by atoms with Crippen molar-refractivity contribution in [3.05, 3.63) is 64.3 Å². The molecule has 1 aliphatic rings. The van der Waals surface area contributed by atoms with Crippen LogP contribution in [-0.4, -0.2) is 49.2 Å². The molecule has 6 nitrogen and oxygen atoms in total. The number of hydrogen-bond donors (Lipinski definition) is 0. The molecule has 1 fully saturated rings. The molecule has 152 valence electrons. The van der Waals surface area contributed by atoms with E-state index in [1.165, 1.54) is 11.8 Å². The number of aryl methyl sites for hydroxylation is 2. The third-order valence-corrected chi connectivity index (χ3v) is 5.43. The molecule has 0 N–H and O–H groups in total. The number of nitrogens with zero attached hydrogens (tertiary/aromatic N) is 3. The highest BCUT2D eigenvalue weighted by Crippen LogP contribution is 2.29. The lowest BCUT2D eigenvalue weighted by atomic mass is 10.1. The second-order valence-corrected chi connectivity index (χ2v) is 7.62. The molecule has 1 aromatic carbocycles. The van der Waals surface area contributed by atoms with Crippen molar-refractivity contribution in [2.24, 2.45) is 0 Å². The summed E-state index contributed by atoms with van der Waals surface area (Å²) >= 11 is 0. The van der Waals surface area contributed by atoms with Gasteiger partial charge in [0.1, 0.15) is 11.3 Å². The van der Waals surface area contributed by atoms with Crippen molar-refractivity contribution >= 4 is 16.7 Å². The van der Waals surface area contributed by atoms with Gasteiger partial charge < -0.3 is 14.1 Å². The molecule has 0 atom stereocenters. The van der Waals surface area contributed by atoms with Gasteiger partial charge in [0, 0.05) is 56.9 Å². The van der Waals surface area contributed by atoms with Gasteiger partial charge in [-0.1, -0.05) is 0 Å². The van der Waals surface area contributed by atoms with Gasteiger partial charge in [-0.2, -0.15) is 0 Å². The Balaban J connectivity index is 1.30. The largest absolute Gasteiger partial charge is 0.493 e. The predicted octanol–water partition coefficient (Wildman–Crippen LogP) is 3.40. The van der Waals surface area contributed by atoms with E-state index >= 15 is 0 Å². The number of benzene rings is 1. The van der Waals surface area contributed by atoms with Gasteiger partial charge in [-0.05, 0) is 55.7 Å². The number of anilines is 1. The van der Waals surface area contributed by atoms with Crippen LogP contribution in [0.2, 0.25) is 0 Å². The second-order valence-electron chi connectivity index (χ2n) is 7.62. The molecule has 0 bridgehead atoms. The Kier molecular flexibility index (Phi) is 5.81. The Morgan fingerprint density at radius 3 is 2.59 bits per heavy atom. The minimum Gasteiger partial charge on any atom is -0.493 e. The average Bonchev–Trinajstić information content (AvgIpc) is 2.71. The van der Waals surface area contributed by atoms with Crippen LogP contribution >= 0.6 is 0 Å². The molecule has 1 aliphatic heterocycles. The topological polar surface area (TPSA) is 58.8 Å². The molecule has 0 amide bonds. The molecule has 0 saturated carbocycles. The SMILES string of the molecule is Cc1cc(OCCCN2CCN(c3ccncc3)CC2)c2c(C)cc(=O)oc2c1. The van der Waals surface area contributed by atoms with Crippen LogP contribution in [0.25, 0.3) is 11.0 Å². The number of ether oxygens (including phenoxy) is 1. The zero-order valence-electron chi connectivity index (χ0n) is 17.1. The molecule has 0 unspecified atom stereocenters. The Morgan fingerprint density at radius 2 is 1.83 bits per heavy atom. The molecule has 2 aromatic heterocycles. The molecule has 29 heavy (non-hydrogen) atoms. The lowest BCUT2D eigenvalue weighted by Gasteiger charge is -2.36. The van der Waals surface area contributed by atoms with Crippen LogP contribution in [0.3, 0.4) is 0 Å². The standard InChI is InChI=1S/C23H27N3O3/c1-17-14-20(23-18(2)16-22(27)29-21(23)15-17)28-13-3-8-25-9-11-26(12-10-25)19-4-6-24-7-5-19/h4-7,14-16H,3,8-13H2,1-2H3. The van der Waals surface area contributed by atoms with E-state index < -0.39 is 0 Å². The van der Waals surface area contributed by atoms with Crippen LogP contribution in [0, 0.1) is 13.8 Å². The Labute approximate surface area is 170 Å². The van der Waals surface area contributed by atoms with Crippen molar-refractivity contribution in [3.8, 4) is 5.75 Å². The molecule has 6 heteroatoms. The van der Waals surface area contributed by atoms with E-state index in [0.29, 0.717) is 12.2 Å². The number of piperazine rings is 1. The summed E-state index contributed by atoms with van der Waals surface area (Å²) < 4.78 is 11.5. The van der Waals surface area contributed by atoms with Crippen molar-refractivity contribution in [3.63, 3.8) is 0 Å². The average molecular weight is 393 g/mol. The summed E-state index contributed by atoms with van der Waals surface area (Å²) in [5.41, 5.74) is 3.43. The first kappa shape index (κ1) is 19.5.